The molecule has 0 amide bonds. The van der Waals surface area contributed by atoms with Gasteiger partial charge in [-0.25, -0.2) is 5.84 Å². The molecule has 0 aliphatic rings. The highest BCUT2D eigenvalue weighted by molar-refractivity contribution is 6.01. The van der Waals surface area contributed by atoms with Crippen molar-refractivity contribution in [2.75, 3.05) is 6.54 Å². The molecule has 0 aliphatic heterocycles. The van der Waals surface area contributed by atoms with E-state index in [0.717, 1.165) is 24.4 Å². The molecule has 2 rings (SSSR count). The number of benzene rings is 2. The van der Waals surface area contributed by atoms with Gasteiger partial charge in [0.2, 0.25) is 0 Å². The molecule has 0 fully saturated rings. The SMILES string of the molecule is CCCN=C(NN)c1ccc2ccccc2c1. The van der Waals surface area contributed by atoms with Crippen LogP contribution in [0.1, 0.15) is 18.9 Å². The monoisotopic (exact) mass is 227 g/mol. The van der Waals surface area contributed by atoms with Crippen molar-refractivity contribution in [2.45, 2.75) is 13.3 Å². The maximum atomic E-state index is 5.51. The topological polar surface area (TPSA) is 50.4 Å². The van der Waals surface area contributed by atoms with Gasteiger partial charge in [0.1, 0.15) is 5.84 Å². The van der Waals surface area contributed by atoms with Crippen LogP contribution in [0.3, 0.4) is 0 Å². The van der Waals surface area contributed by atoms with Crippen molar-refractivity contribution in [1.82, 2.24) is 5.43 Å². The van der Waals surface area contributed by atoms with Crippen LogP contribution in [-0.4, -0.2) is 12.4 Å². The van der Waals surface area contributed by atoms with E-state index < -0.39 is 0 Å². The fourth-order valence-electron chi connectivity index (χ4n) is 1.78. The summed E-state index contributed by atoms with van der Waals surface area (Å²) >= 11 is 0. The van der Waals surface area contributed by atoms with Gasteiger partial charge in [0.05, 0.1) is 0 Å². The Balaban J connectivity index is 2.41. The zero-order chi connectivity index (χ0) is 12.1. The summed E-state index contributed by atoms with van der Waals surface area (Å²) in [6, 6.07) is 14.5. The summed E-state index contributed by atoms with van der Waals surface area (Å²) < 4.78 is 0. The first kappa shape index (κ1) is 11.6. The summed E-state index contributed by atoms with van der Waals surface area (Å²) in [6.45, 7) is 2.88. The van der Waals surface area contributed by atoms with E-state index in [1.807, 2.05) is 18.2 Å². The maximum Gasteiger partial charge on any atom is 0.142 e. The fraction of sp³-hybridized carbons (Fsp3) is 0.214. The molecule has 0 saturated heterocycles. The highest BCUT2D eigenvalue weighted by atomic mass is 15.2. The molecule has 2 aromatic rings. The van der Waals surface area contributed by atoms with Crippen LogP contribution in [0.2, 0.25) is 0 Å². The zero-order valence-electron chi connectivity index (χ0n) is 9.98. The second-order valence-electron chi connectivity index (χ2n) is 3.94. The third-order valence-electron chi connectivity index (χ3n) is 2.65. The van der Waals surface area contributed by atoms with Gasteiger partial charge in [-0.15, -0.1) is 0 Å². The molecule has 0 unspecified atom stereocenters. The van der Waals surface area contributed by atoms with Crippen molar-refractivity contribution in [3.8, 4) is 0 Å². The van der Waals surface area contributed by atoms with Crippen molar-refractivity contribution < 1.29 is 0 Å². The molecule has 3 N–H and O–H groups in total. The Morgan fingerprint density at radius 3 is 2.65 bits per heavy atom. The Morgan fingerprint density at radius 1 is 1.18 bits per heavy atom. The normalized spacial score (nSPS) is 11.8. The molecule has 0 spiro atoms. The number of hydrogen-bond acceptors (Lipinski definition) is 2. The predicted molar refractivity (Wildman–Crippen MR) is 73.0 cm³/mol. The molecule has 0 radical (unpaired) electrons. The summed E-state index contributed by atoms with van der Waals surface area (Å²) in [5.74, 6) is 6.26. The minimum absolute atomic E-state index is 0.748. The van der Waals surface area contributed by atoms with Gasteiger partial charge in [-0.1, -0.05) is 43.3 Å². The van der Waals surface area contributed by atoms with Crippen LogP contribution in [0.5, 0.6) is 0 Å². The van der Waals surface area contributed by atoms with Crippen LogP contribution in [0.25, 0.3) is 10.8 Å². The second kappa shape index (κ2) is 5.46. The first-order valence-corrected chi connectivity index (χ1v) is 5.85. The summed E-state index contributed by atoms with van der Waals surface area (Å²) in [4.78, 5) is 4.42. The van der Waals surface area contributed by atoms with Crippen LogP contribution in [0.4, 0.5) is 0 Å². The molecule has 0 heterocycles. The van der Waals surface area contributed by atoms with E-state index in [9.17, 15) is 0 Å². The van der Waals surface area contributed by atoms with Crippen molar-refractivity contribution in [2.24, 2.45) is 10.8 Å². The van der Waals surface area contributed by atoms with E-state index in [4.69, 9.17) is 5.84 Å². The second-order valence-corrected chi connectivity index (χ2v) is 3.94. The summed E-state index contributed by atoms with van der Waals surface area (Å²) in [5, 5.41) is 2.42. The molecule has 17 heavy (non-hydrogen) atoms. The molecule has 0 atom stereocenters. The minimum Gasteiger partial charge on any atom is -0.308 e. The number of rotatable bonds is 3. The standard InChI is InChI=1S/C14H17N3/c1-2-9-16-14(17-15)13-8-7-11-5-3-4-6-12(11)10-13/h3-8,10H,2,9,15H2,1H3,(H,16,17). The van der Waals surface area contributed by atoms with Crippen LogP contribution in [-0.2, 0) is 0 Å². The largest absolute Gasteiger partial charge is 0.308 e. The van der Waals surface area contributed by atoms with Crippen molar-refractivity contribution in [1.29, 1.82) is 0 Å². The van der Waals surface area contributed by atoms with E-state index in [2.05, 4.69) is 41.6 Å². The number of fused-ring (bicyclic) bond motifs is 1. The fourth-order valence-corrected chi connectivity index (χ4v) is 1.78. The average Bonchev–Trinajstić information content (AvgIpc) is 2.39. The Hall–Kier alpha value is -1.87. The third kappa shape index (κ3) is 2.63. The van der Waals surface area contributed by atoms with Gasteiger partial charge >= 0.3 is 0 Å². The first-order valence-electron chi connectivity index (χ1n) is 5.85. The molecule has 3 heteroatoms. The van der Waals surface area contributed by atoms with Crippen molar-refractivity contribution >= 4 is 16.6 Å². The number of nitrogens with one attached hydrogen (secondary N) is 1. The number of nitrogens with zero attached hydrogens (tertiary/aromatic N) is 1. The van der Waals surface area contributed by atoms with Gasteiger partial charge in [0.15, 0.2) is 0 Å². The molecule has 0 aliphatic carbocycles. The van der Waals surface area contributed by atoms with E-state index in [0.29, 0.717) is 0 Å². The molecule has 2 aromatic carbocycles. The maximum absolute atomic E-state index is 5.51. The van der Waals surface area contributed by atoms with E-state index >= 15 is 0 Å². The van der Waals surface area contributed by atoms with Gasteiger partial charge < -0.3 is 5.43 Å². The molecule has 3 nitrogen and oxygen atoms in total. The summed E-state index contributed by atoms with van der Waals surface area (Å²) in [6.07, 6.45) is 1.01. The molecular weight excluding hydrogens is 210 g/mol. The zero-order valence-corrected chi connectivity index (χ0v) is 9.98. The van der Waals surface area contributed by atoms with Crippen molar-refractivity contribution in [3.05, 3.63) is 48.0 Å². The van der Waals surface area contributed by atoms with Crippen LogP contribution in [0.15, 0.2) is 47.5 Å². The smallest absolute Gasteiger partial charge is 0.142 e. The lowest BCUT2D eigenvalue weighted by atomic mass is 10.1. The Morgan fingerprint density at radius 2 is 1.94 bits per heavy atom. The van der Waals surface area contributed by atoms with E-state index in [1.165, 1.54) is 10.8 Å². The van der Waals surface area contributed by atoms with Gasteiger partial charge in [-0.05, 0) is 23.3 Å². The highest BCUT2D eigenvalue weighted by Gasteiger charge is 2.02. The lowest BCUT2D eigenvalue weighted by Gasteiger charge is -2.07. The highest BCUT2D eigenvalue weighted by Crippen LogP contribution is 2.15. The molecular formula is C14H17N3. The third-order valence-corrected chi connectivity index (χ3v) is 2.65. The molecule has 0 bridgehead atoms. The van der Waals surface area contributed by atoms with Crippen molar-refractivity contribution in [3.63, 3.8) is 0 Å². The lowest BCUT2D eigenvalue weighted by molar-refractivity contribution is 0.908. The number of hydrazine groups is 1. The predicted octanol–water partition coefficient (Wildman–Crippen LogP) is 2.46. The first-order chi connectivity index (χ1) is 8.35. The van der Waals surface area contributed by atoms with E-state index in [1.54, 1.807) is 0 Å². The number of nitrogens with two attached hydrogens (primary N) is 1. The van der Waals surface area contributed by atoms with E-state index in [-0.39, 0.29) is 0 Å². The lowest BCUT2D eigenvalue weighted by Crippen LogP contribution is -2.31. The number of hydrogen-bond donors (Lipinski definition) is 2. The molecule has 0 saturated carbocycles. The van der Waals surface area contributed by atoms with Gasteiger partial charge in [0.25, 0.3) is 0 Å². The Kier molecular flexibility index (Phi) is 3.73. The summed E-state index contributed by atoms with van der Waals surface area (Å²) in [7, 11) is 0. The Bertz CT molecular complexity index is 532. The number of amidine groups is 1. The average molecular weight is 227 g/mol. The molecule has 0 aromatic heterocycles. The molecule has 88 valence electrons. The minimum atomic E-state index is 0.748. The van der Waals surface area contributed by atoms with Gasteiger partial charge in [-0.2, -0.15) is 0 Å². The Labute approximate surface area is 101 Å². The van der Waals surface area contributed by atoms with Crippen LogP contribution >= 0.6 is 0 Å². The summed E-state index contributed by atoms with van der Waals surface area (Å²) in [5.41, 5.74) is 3.70. The number of aliphatic imine (C=N–C) groups is 1. The van der Waals surface area contributed by atoms with Gasteiger partial charge in [0, 0.05) is 12.1 Å². The van der Waals surface area contributed by atoms with Gasteiger partial charge in [-0.3, -0.25) is 4.99 Å². The quantitative estimate of drug-likeness (QED) is 0.366. The van der Waals surface area contributed by atoms with Crippen LogP contribution < -0.4 is 11.3 Å². The van der Waals surface area contributed by atoms with Crippen LogP contribution in [0, 0.1) is 0 Å².